The molecule has 8 nitrogen and oxygen atoms in total. The van der Waals surface area contributed by atoms with Crippen LogP contribution in [-0.2, 0) is 49.3 Å². The molecule has 0 aliphatic heterocycles. The number of hydrogen-bond acceptors (Lipinski definition) is 6. The van der Waals surface area contributed by atoms with Crippen molar-refractivity contribution in [2.24, 2.45) is 11.7 Å². The molecule has 0 heterocycles. The van der Waals surface area contributed by atoms with Gasteiger partial charge < -0.3 is 20.8 Å². The summed E-state index contributed by atoms with van der Waals surface area (Å²) >= 11 is 0. The number of carbonyl (C=O) groups is 4. The van der Waals surface area contributed by atoms with Crippen molar-refractivity contribution in [2.75, 3.05) is 0 Å². The molecule has 0 radical (unpaired) electrons. The Hall–Kier alpha value is -4.86. The second kappa shape index (κ2) is 31.7. The molecule has 0 spiro atoms. The minimum absolute atomic E-state index is 0.165. The number of Topliss-reactive ketones (excluding diaryl/α,β-unsaturated/α-hetero) is 1. The second-order valence-corrected chi connectivity index (χ2v) is 28.0. The first kappa shape index (κ1) is 59.7. The molecule has 0 saturated carbocycles. The molecule has 9 heteroatoms. The Bertz CT molecular complexity index is 2120. The average molecular weight is 1000 g/mol. The molecule has 4 aromatic carbocycles. The predicted molar refractivity (Wildman–Crippen MR) is 301 cm³/mol. The number of ketones is 1. The van der Waals surface area contributed by atoms with Crippen LogP contribution in [0.3, 0.4) is 0 Å². The van der Waals surface area contributed by atoms with Crippen LogP contribution < -0.4 is 16.4 Å². The minimum atomic E-state index is -2.92. The van der Waals surface area contributed by atoms with Crippen LogP contribution in [0.25, 0.3) is 0 Å². The lowest BCUT2D eigenvalue weighted by atomic mass is 9.89. The van der Waals surface area contributed by atoms with E-state index in [1.54, 1.807) is 0 Å². The summed E-state index contributed by atoms with van der Waals surface area (Å²) in [7, 11) is -2.92. The number of hydrogen-bond donors (Lipinski definition) is 3. The van der Waals surface area contributed by atoms with Crippen LogP contribution >= 0.6 is 0 Å². The maximum atomic E-state index is 15.1. The molecule has 0 unspecified atom stereocenters. The van der Waals surface area contributed by atoms with Gasteiger partial charge in [-0.15, -0.1) is 0 Å². The van der Waals surface area contributed by atoms with Gasteiger partial charge in [-0.1, -0.05) is 273 Å². The summed E-state index contributed by atoms with van der Waals surface area (Å²) in [5.41, 5.74) is 10.0. The molecule has 2 amide bonds. The number of unbranched alkanes of at least 4 members (excludes halogenated alkanes) is 15. The molecule has 72 heavy (non-hydrogen) atoms. The third-order valence-electron chi connectivity index (χ3n) is 14.7. The summed E-state index contributed by atoms with van der Waals surface area (Å²) in [5, 5.41) is 5.56. The van der Waals surface area contributed by atoms with Crippen molar-refractivity contribution in [1.82, 2.24) is 10.6 Å². The molecular formula is C63H93N3O5Si. The molecule has 0 saturated heterocycles. The van der Waals surface area contributed by atoms with Gasteiger partial charge in [0.2, 0.25) is 11.8 Å². The van der Waals surface area contributed by atoms with E-state index in [0.717, 1.165) is 41.1 Å². The lowest BCUT2D eigenvalue weighted by molar-refractivity contribution is -0.142. The van der Waals surface area contributed by atoms with Crippen LogP contribution in [0, 0.1) is 5.92 Å². The van der Waals surface area contributed by atoms with Crippen LogP contribution in [0.5, 0.6) is 0 Å². The van der Waals surface area contributed by atoms with E-state index >= 15 is 4.79 Å². The highest BCUT2D eigenvalue weighted by Gasteiger charge is 2.57. The van der Waals surface area contributed by atoms with Crippen molar-refractivity contribution in [3.63, 3.8) is 0 Å². The van der Waals surface area contributed by atoms with Crippen LogP contribution in [0.2, 0.25) is 16.1 Å². The highest BCUT2D eigenvalue weighted by Crippen LogP contribution is 2.54. The van der Waals surface area contributed by atoms with Crippen LogP contribution in [-0.4, -0.2) is 50.0 Å². The van der Waals surface area contributed by atoms with E-state index in [1.165, 1.54) is 89.9 Å². The predicted octanol–water partition coefficient (Wildman–Crippen LogP) is 14.2. The van der Waals surface area contributed by atoms with Gasteiger partial charge in [0.25, 0.3) is 8.32 Å². The van der Waals surface area contributed by atoms with Gasteiger partial charge in [0.1, 0.15) is 6.04 Å². The van der Waals surface area contributed by atoms with Gasteiger partial charge in [0.15, 0.2) is 5.78 Å². The second-order valence-electron chi connectivity index (χ2n) is 22.7. The van der Waals surface area contributed by atoms with Crippen LogP contribution in [0.1, 0.15) is 180 Å². The Morgan fingerprint density at radius 3 is 1.22 bits per heavy atom. The van der Waals surface area contributed by atoms with Crippen molar-refractivity contribution >= 4 is 31.9 Å². The number of rotatable bonds is 34. The third-order valence-corrected chi connectivity index (χ3v) is 21.2. The number of amides is 2. The van der Waals surface area contributed by atoms with Crippen molar-refractivity contribution in [3.8, 4) is 0 Å². The Balaban J connectivity index is 1.50. The smallest absolute Gasteiger partial charge is 0.315 e. The van der Waals surface area contributed by atoms with Gasteiger partial charge >= 0.3 is 5.97 Å². The molecule has 4 rings (SSSR count). The molecule has 4 aromatic rings. The lowest BCUT2D eigenvalue weighted by Crippen LogP contribution is -2.58. The Kier molecular flexibility index (Phi) is 26.3. The van der Waals surface area contributed by atoms with Crippen LogP contribution in [0.15, 0.2) is 121 Å². The summed E-state index contributed by atoms with van der Waals surface area (Å²) in [6, 6.07) is 36.5. The maximum absolute atomic E-state index is 15.1. The van der Waals surface area contributed by atoms with Crippen molar-refractivity contribution in [1.29, 1.82) is 0 Å². The zero-order chi connectivity index (χ0) is 52.2. The third kappa shape index (κ3) is 20.9. The molecule has 4 atom stereocenters. The monoisotopic (exact) mass is 1000 g/mol. The van der Waals surface area contributed by atoms with Crippen molar-refractivity contribution < 1.29 is 23.6 Å². The zero-order valence-electron chi connectivity index (χ0n) is 45.5. The molecule has 0 fully saturated rings. The largest absolute Gasteiger partial charge is 0.516 e. The first-order chi connectivity index (χ1) is 34.5. The summed E-state index contributed by atoms with van der Waals surface area (Å²) in [6.45, 7) is 15.6. The lowest BCUT2D eigenvalue weighted by Gasteiger charge is -2.50. The van der Waals surface area contributed by atoms with Gasteiger partial charge in [-0.05, 0) is 57.6 Å². The number of nitrogens with one attached hydrogen (secondary N) is 2. The highest BCUT2D eigenvalue weighted by atomic mass is 28.4. The Morgan fingerprint density at radius 1 is 0.472 bits per heavy atom. The normalized spacial score (nSPS) is 13.7. The van der Waals surface area contributed by atoms with E-state index in [-0.39, 0.29) is 41.5 Å². The van der Waals surface area contributed by atoms with E-state index in [1.807, 2.05) is 121 Å². The van der Waals surface area contributed by atoms with Gasteiger partial charge in [-0.25, -0.2) is 0 Å². The SMILES string of the molecule is CCCCCCCCCCCCCCCCCC[Si](OC(=O)[C@H](Cc1ccccc1)NC(=O)[C@@H](CC(=O)[C@H](Cc1ccccc1)NC(=O)[C@@H](N)Cc1ccccc1)Cc1ccccc1)(C(C)(C)C)C(C)(C)C. The topological polar surface area (TPSA) is 128 Å². The first-order valence-corrected chi connectivity index (χ1v) is 29.9. The number of nitrogens with two attached hydrogens (primary N) is 1. The fourth-order valence-electron chi connectivity index (χ4n) is 10.6. The fraction of sp³-hybridized carbons (Fsp3) is 0.556. The first-order valence-electron chi connectivity index (χ1n) is 27.8. The van der Waals surface area contributed by atoms with Gasteiger partial charge in [0.05, 0.1) is 12.1 Å². The molecule has 4 N–H and O–H groups in total. The van der Waals surface area contributed by atoms with Crippen molar-refractivity contribution in [3.05, 3.63) is 144 Å². The summed E-state index contributed by atoms with van der Waals surface area (Å²) < 4.78 is 7.08. The maximum Gasteiger partial charge on any atom is 0.315 e. The van der Waals surface area contributed by atoms with E-state index in [2.05, 4.69) is 59.1 Å². The number of carbonyl (C=O) groups excluding carboxylic acids is 4. The van der Waals surface area contributed by atoms with Gasteiger partial charge in [-0.3, -0.25) is 19.2 Å². The molecule has 0 aromatic heterocycles. The standard InChI is InChI=1S/C63H93N3O5Si/c1-8-9-10-11-12-13-14-15-16-17-18-19-20-21-22-35-44-72(62(2,3)4,63(5,6)7)71-61(70)57(48-53-42-33-26-34-43-53)66-59(68)54(45-50-36-27-23-28-37-50)49-58(67)56(47-52-40-31-25-32-41-52)65-60(69)55(64)46-51-38-29-24-30-39-51/h23-34,36-43,54-57H,8-22,35,44-49,64H2,1-7H3,(H,65,69)(H,66,68)/t54-,55+,56+,57+/m1/s1. The summed E-state index contributed by atoms with van der Waals surface area (Å²) in [4.78, 5) is 58.4. The molecule has 0 aliphatic carbocycles. The van der Waals surface area contributed by atoms with Gasteiger partial charge in [-0.2, -0.15) is 0 Å². The fourth-order valence-corrected chi connectivity index (χ4v) is 16.3. The van der Waals surface area contributed by atoms with E-state index in [0.29, 0.717) is 6.42 Å². The highest BCUT2D eigenvalue weighted by molar-refractivity contribution is 6.80. The molecule has 394 valence electrons. The van der Waals surface area contributed by atoms with Crippen LogP contribution in [0.4, 0.5) is 0 Å². The Morgan fingerprint density at radius 2 is 0.819 bits per heavy atom. The number of benzene rings is 4. The van der Waals surface area contributed by atoms with E-state index in [9.17, 15) is 14.4 Å². The molecular weight excluding hydrogens is 907 g/mol. The molecule has 0 bridgehead atoms. The van der Waals surface area contributed by atoms with E-state index < -0.39 is 50.1 Å². The van der Waals surface area contributed by atoms with E-state index in [4.69, 9.17) is 10.2 Å². The van der Waals surface area contributed by atoms with Crippen molar-refractivity contribution in [2.45, 2.75) is 218 Å². The minimum Gasteiger partial charge on any atom is -0.516 e. The average Bonchev–Trinajstić information content (AvgIpc) is 3.35. The Labute approximate surface area is 437 Å². The molecule has 0 aliphatic rings. The summed E-state index contributed by atoms with van der Waals surface area (Å²) in [5.74, 6) is -2.41. The quantitative estimate of drug-likeness (QED) is 0.0316. The van der Waals surface area contributed by atoms with Gasteiger partial charge in [0, 0.05) is 18.8 Å². The summed E-state index contributed by atoms with van der Waals surface area (Å²) in [6.07, 6.45) is 21.6. The zero-order valence-corrected chi connectivity index (χ0v) is 46.5.